The summed E-state index contributed by atoms with van der Waals surface area (Å²) in [5.74, 6) is 1.80. The third-order valence-electron chi connectivity index (χ3n) is 4.89. The van der Waals surface area contributed by atoms with Gasteiger partial charge in [-0.05, 0) is 44.4 Å². The summed E-state index contributed by atoms with van der Waals surface area (Å²) in [6.07, 6.45) is 3.56. The number of rotatable bonds is 7. The van der Waals surface area contributed by atoms with Gasteiger partial charge in [0.15, 0.2) is 11.5 Å². The van der Waals surface area contributed by atoms with E-state index in [1.54, 1.807) is 12.1 Å². The molecule has 1 amide bonds. The molecule has 0 aliphatic carbocycles. The predicted octanol–water partition coefficient (Wildman–Crippen LogP) is 2.73. The zero-order valence-electron chi connectivity index (χ0n) is 17.4. The van der Waals surface area contributed by atoms with E-state index in [-0.39, 0.29) is 5.91 Å². The Morgan fingerprint density at radius 1 is 1.00 bits per heavy atom. The largest absolute Gasteiger partial charge is 0.493 e. The molecule has 0 saturated carbocycles. The van der Waals surface area contributed by atoms with Gasteiger partial charge in [0.2, 0.25) is 11.7 Å². The Balaban J connectivity index is 1.74. The second-order valence-electron chi connectivity index (χ2n) is 6.95. The van der Waals surface area contributed by atoms with Gasteiger partial charge in [0.05, 0.1) is 33.6 Å². The molecule has 1 N–H and O–H groups in total. The van der Waals surface area contributed by atoms with Gasteiger partial charge in [-0.25, -0.2) is 9.97 Å². The average Bonchev–Trinajstić information content (AvgIpc) is 2.76. The van der Waals surface area contributed by atoms with Gasteiger partial charge < -0.3 is 24.4 Å². The number of piperidine rings is 1. The summed E-state index contributed by atoms with van der Waals surface area (Å²) >= 11 is 0. The molecule has 0 radical (unpaired) electrons. The first-order valence-electron chi connectivity index (χ1n) is 9.73. The van der Waals surface area contributed by atoms with Crippen LogP contribution < -0.4 is 24.4 Å². The van der Waals surface area contributed by atoms with E-state index in [4.69, 9.17) is 14.2 Å². The number of nitrogens with zero attached hydrogens (tertiary/aromatic N) is 3. The number of nitrogens with one attached hydrogen (secondary N) is 1. The van der Waals surface area contributed by atoms with Gasteiger partial charge in [-0.3, -0.25) is 4.79 Å². The molecule has 29 heavy (non-hydrogen) atoms. The molecule has 0 unspecified atom stereocenters. The van der Waals surface area contributed by atoms with Crippen molar-refractivity contribution < 1.29 is 19.0 Å². The van der Waals surface area contributed by atoms with Gasteiger partial charge >= 0.3 is 0 Å². The highest BCUT2D eigenvalue weighted by Gasteiger charge is 2.18. The quantitative estimate of drug-likeness (QED) is 0.765. The minimum Gasteiger partial charge on any atom is -0.493 e. The molecular formula is C21H28N4O4. The number of benzene rings is 1. The van der Waals surface area contributed by atoms with Gasteiger partial charge in [-0.2, -0.15) is 0 Å². The summed E-state index contributed by atoms with van der Waals surface area (Å²) in [5, 5.41) is 2.91. The van der Waals surface area contributed by atoms with Gasteiger partial charge in [0.25, 0.3) is 5.91 Å². The van der Waals surface area contributed by atoms with E-state index in [1.807, 2.05) is 13.0 Å². The maximum atomic E-state index is 12.7. The van der Waals surface area contributed by atoms with Crippen molar-refractivity contribution in [1.29, 1.82) is 0 Å². The number of methoxy groups -OCH3 is 3. The van der Waals surface area contributed by atoms with Crippen LogP contribution in [0.1, 0.15) is 41.0 Å². The van der Waals surface area contributed by atoms with Crippen molar-refractivity contribution in [1.82, 2.24) is 15.3 Å². The van der Waals surface area contributed by atoms with Crippen molar-refractivity contribution in [2.24, 2.45) is 0 Å². The third kappa shape index (κ3) is 4.88. The number of hydrogen-bond donors (Lipinski definition) is 1. The molecular weight excluding hydrogens is 372 g/mol. The van der Waals surface area contributed by atoms with Gasteiger partial charge in [-0.15, -0.1) is 0 Å². The van der Waals surface area contributed by atoms with Crippen LogP contribution in [-0.4, -0.2) is 50.3 Å². The van der Waals surface area contributed by atoms with Crippen molar-refractivity contribution in [3.63, 3.8) is 0 Å². The summed E-state index contributed by atoms with van der Waals surface area (Å²) in [6, 6.07) is 5.14. The molecule has 1 aliphatic heterocycles. The molecule has 0 atom stereocenters. The Labute approximate surface area is 171 Å². The van der Waals surface area contributed by atoms with Crippen molar-refractivity contribution in [3.05, 3.63) is 35.2 Å². The number of amides is 1. The second-order valence-corrected chi connectivity index (χ2v) is 6.95. The zero-order chi connectivity index (χ0) is 20.8. The summed E-state index contributed by atoms with van der Waals surface area (Å²) in [7, 11) is 4.56. The van der Waals surface area contributed by atoms with Crippen molar-refractivity contribution >= 4 is 11.9 Å². The zero-order valence-corrected chi connectivity index (χ0v) is 17.4. The molecule has 3 rings (SSSR count). The lowest BCUT2D eigenvalue weighted by Crippen LogP contribution is -2.32. The number of ether oxygens (including phenoxy) is 3. The monoisotopic (exact) mass is 400 g/mol. The minimum atomic E-state index is -0.250. The fourth-order valence-electron chi connectivity index (χ4n) is 3.43. The van der Waals surface area contributed by atoms with E-state index in [1.165, 1.54) is 27.8 Å². The molecule has 1 aromatic heterocycles. The summed E-state index contributed by atoms with van der Waals surface area (Å²) < 4.78 is 15.9. The number of anilines is 1. The topological polar surface area (TPSA) is 85.8 Å². The third-order valence-corrected chi connectivity index (χ3v) is 4.89. The first-order valence-corrected chi connectivity index (χ1v) is 9.73. The van der Waals surface area contributed by atoms with E-state index in [2.05, 4.69) is 20.2 Å². The first-order chi connectivity index (χ1) is 14.0. The molecule has 1 fully saturated rings. The molecule has 156 valence electrons. The average molecular weight is 400 g/mol. The van der Waals surface area contributed by atoms with Crippen LogP contribution in [0.4, 0.5) is 5.95 Å². The lowest BCUT2D eigenvalue weighted by molar-refractivity contribution is 0.0949. The van der Waals surface area contributed by atoms with Crippen LogP contribution in [-0.2, 0) is 6.54 Å². The van der Waals surface area contributed by atoms with Crippen LogP contribution in [0.25, 0.3) is 0 Å². The lowest BCUT2D eigenvalue weighted by Gasteiger charge is -2.27. The van der Waals surface area contributed by atoms with E-state index in [0.29, 0.717) is 29.4 Å². The van der Waals surface area contributed by atoms with Gasteiger partial charge in [0.1, 0.15) is 0 Å². The molecule has 8 heteroatoms. The Morgan fingerprint density at radius 3 is 2.24 bits per heavy atom. The highest BCUT2D eigenvalue weighted by Crippen LogP contribution is 2.38. The molecule has 0 spiro atoms. The van der Waals surface area contributed by atoms with Crippen molar-refractivity contribution in [2.45, 2.75) is 32.7 Å². The number of aromatic nitrogens is 2. The highest BCUT2D eigenvalue weighted by molar-refractivity contribution is 5.95. The van der Waals surface area contributed by atoms with Crippen LogP contribution in [0.2, 0.25) is 0 Å². The van der Waals surface area contributed by atoms with Gasteiger partial charge in [0, 0.05) is 24.3 Å². The maximum Gasteiger partial charge on any atom is 0.251 e. The number of hydrogen-bond acceptors (Lipinski definition) is 7. The highest BCUT2D eigenvalue weighted by atomic mass is 16.5. The van der Waals surface area contributed by atoms with Gasteiger partial charge in [-0.1, -0.05) is 0 Å². The van der Waals surface area contributed by atoms with E-state index < -0.39 is 0 Å². The Hall–Kier alpha value is -3.03. The summed E-state index contributed by atoms with van der Waals surface area (Å²) in [6.45, 7) is 4.20. The molecule has 1 saturated heterocycles. The first kappa shape index (κ1) is 20.7. The fraction of sp³-hybridized carbons (Fsp3) is 0.476. The predicted molar refractivity (Wildman–Crippen MR) is 110 cm³/mol. The van der Waals surface area contributed by atoms with Crippen molar-refractivity contribution in [3.8, 4) is 17.2 Å². The second kappa shape index (κ2) is 9.45. The summed E-state index contributed by atoms with van der Waals surface area (Å²) in [5.41, 5.74) is 2.08. The van der Waals surface area contributed by atoms with Crippen LogP contribution in [0.3, 0.4) is 0 Å². The van der Waals surface area contributed by atoms with Crippen molar-refractivity contribution in [2.75, 3.05) is 39.3 Å². The fourth-order valence-corrected chi connectivity index (χ4v) is 3.43. The van der Waals surface area contributed by atoms with E-state index in [0.717, 1.165) is 43.3 Å². The van der Waals surface area contributed by atoms with Crippen LogP contribution in [0.5, 0.6) is 17.2 Å². The molecule has 2 heterocycles. The Kier molecular flexibility index (Phi) is 6.74. The standard InChI is InChI=1S/C21H28N4O4/c1-14-10-16(24-21(23-14)25-8-6-5-7-9-25)13-22-20(26)15-11-17(27-2)19(29-4)18(12-15)28-3/h10-12H,5-9,13H2,1-4H3,(H,22,26). The normalized spacial score (nSPS) is 13.7. The number of aryl methyl sites for hydroxylation is 1. The van der Waals surface area contributed by atoms with Crippen LogP contribution in [0.15, 0.2) is 18.2 Å². The number of carbonyl (C=O) groups is 1. The Morgan fingerprint density at radius 2 is 1.66 bits per heavy atom. The van der Waals surface area contributed by atoms with Crippen LogP contribution >= 0.6 is 0 Å². The minimum absolute atomic E-state index is 0.250. The molecule has 1 aliphatic rings. The number of carbonyl (C=O) groups excluding carboxylic acids is 1. The van der Waals surface area contributed by atoms with E-state index in [9.17, 15) is 4.79 Å². The SMILES string of the molecule is COc1cc(C(=O)NCc2cc(C)nc(N3CCCCC3)n2)cc(OC)c1OC. The molecule has 0 bridgehead atoms. The van der Waals surface area contributed by atoms with E-state index >= 15 is 0 Å². The Bertz CT molecular complexity index is 841. The lowest BCUT2D eigenvalue weighted by atomic mass is 10.1. The molecule has 8 nitrogen and oxygen atoms in total. The maximum absolute atomic E-state index is 12.7. The molecule has 2 aromatic rings. The smallest absolute Gasteiger partial charge is 0.251 e. The molecule has 1 aromatic carbocycles. The van der Waals surface area contributed by atoms with Crippen LogP contribution in [0, 0.1) is 6.92 Å². The summed E-state index contributed by atoms with van der Waals surface area (Å²) in [4.78, 5) is 24.1.